The van der Waals surface area contributed by atoms with Crippen LogP contribution in [0.1, 0.15) is 27.8 Å². The Labute approximate surface area is 149 Å². The fraction of sp³-hybridized carbons (Fsp3) is 0.120. The molecular formula is C25H22. The Kier molecular flexibility index (Phi) is 4.35. The van der Waals surface area contributed by atoms with Crippen LogP contribution in [0.3, 0.4) is 0 Å². The van der Waals surface area contributed by atoms with E-state index in [1.807, 2.05) is 0 Å². The Morgan fingerprint density at radius 3 is 1.52 bits per heavy atom. The van der Waals surface area contributed by atoms with E-state index in [-0.39, 0.29) is 0 Å². The van der Waals surface area contributed by atoms with E-state index in [2.05, 4.69) is 97.9 Å². The van der Waals surface area contributed by atoms with E-state index < -0.39 is 0 Å². The maximum absolute atomic E-state index is 2.31. The molecule has 0 spiro atoms. The summed E-state index contributed by atoms with van der Waals surface area (Å²) in [6.45, 7) is 2.14. The summed E-state index contributed by atoms with van der Waals surface area (Å²) in [6.07, 6.45) is 1.96. The molecule has 0 N–H and O–H groups in total. The number of hydrogen-bond donors (Lipinski definition) is 0. The molecule has 0 nitrogen and oxygen atoms in total. The summed E-state index contributed by atoms with van der Waals surface area (Å²) in [5.74, 6) is 0. The Morgan fingerprint density at radius 1 is 0.480 bits per heavy atom. The van der Waals surface area contributed by atoms with E-state index in [1.54, 1.807) is 0 Å². The predicted molar refractivity (Wildman–Crippen MR) is 107 cm³/mol. The maximum Gasteiger partial charge on any atom is -0.00196 e. The van der Waals surface area contributed by atoms with Gasteiger partial charge >= 0.3 is 0 Å². The van der Waals surface area contributed by atoms with Crippen LogP contribution in [-0.2, 0) is 12.8 Å². The molecule has 0 fully saturated rings. The van der Waals surface area contributed by atoms with Gasteiger partial charge in [-0.25, -0.2) is 0 Å². The standard InChI is InChI=1S/C25H22/c1-19-11-13-21(14-12-19)18-23-16-15-22(17-20-7-3-2-4-8-20)24-9-5-6-10-25(23)24/h2-16H,17-18H2,1H3. The highest BCUT2D eigenvalue weighted by atomic mass is 14.1. The van der Waals surface area contributed by atoms with Crippen LogP contribution in [0, 0.1) is 6.92 Å². The van der Waals surface area contributed by atoms with Crippen LogP contribution in [-0.4, -0.2) is 0 Å². The topological polar surface area (TPSA) is 0 Å². The third kappa shape index (κ3) is 3.49. The largest absolute Gasteiger partial charge is 0.0622 e. The first-order valence-corrected chi connectivity index (χ1v) is 8.88. The van der Waals surface area contributed by atoms with E-state index in [0.717, 1.165) is 12.8 Å². The summed E-state index contributed by atoms with van der Waals surface area (Å²) in [7, 11) is 0. The third-order valence-corrected chi connectivity index (χ3v) is 4.86. The average molecular weight is 322 g/mol. The molecule has 0 amide bonds. The fourth-order valence-corrected chi connectivity index (χ4v) is 3.47. The lowest BCUT2D eigenvalue weighted by molar-refractivity contribution is 1.18. The van der Waals surface area contributed by atoms with E-state index in [0.29, 0.717) is 0 Å². The average Bonchev–Trinajstić information content (AvgIpc) is 2.66. The van der Waals surface area contributed by atoms with Crippen molar-refractivity contribution in [1.29, 1.82) is 0 Å². The van der Waals surface area contributed by atoms with Crippen LogP contribution in [0.5, 0.6) is 0 Å². The summed E-state index contributed by atoms with van der Waals surface area (Å²) in [5, 5.41) is 2.74. The van der Waals surface area contributed by atoms with Gasteiger partial charge in [-0.3, -0.25) is 0 Å². The molecule has 0 aliphatic heterocycles. The van der Waals surface area contributed by atoms with Crippen LogP contribution in [0.4, 0.5) is 0 Å². The Balaban J connectivity index is 1.72. The van der Waals surface area contributed by atoms with Gasteiger partial charge in [0, 0.05) is 0 Å². The summed E-state index contributed by atoms with van der Waals surface area (Å²) in [6, 6.07) is 33.0. The minimum absolute atomic E-state index is 0.978. The minimum atomic E-state index is 0.978. The van der Waals surface area contributed by atoms with Crippen LogP contribution >= 0.6 is 0 Å². The van der Waals surface area contributed by atoms with Crippen LogP contribution in [0.25, 0.3) is 10.8 Å². The first-order valence-electron chi connectivity index (χ1n) is 8.88. The second-order valence-corrected chi connectivity index (χ2v) is 6.75. The molecule has 0 heterocycles. The molecule has 0 saturated heterocycles. The lowest BCUT2D eigenvalue weighted by atomic mass is 9.92. The number of aryl methyl sites for hydroxylation is 1. The van der Waals surface area contributed by atoms with E-state index in [9.17, 15) is 0 Å². The molecule has 0 heteroatoms. The lowest BCUT2D eigenvalue weighted by Gasteiger charge is -2.12. The summed E-state index contributed by atoms with van der Waals surface area (Å²) < 4.78 is 0. The zero-order valence-electron chi connectivity index (χ0n) is 14.6. The van der Waals surface area contributed by atoms with Crippen molar-refractivity contribution in [1.82, 2.24) is 0 Å². The van der Waals surface area contributed by atoms with Gasteiger partial charge in [-0.05, 0) is 52.8 Å². The van der Waals surface area contributed by atoms with Gasteiger partial charge in [-0.1, -0.05) is 96.6 Å². The van der Waals surface area contributed by atoms with Crippen molar-refractivity contribution in [3.8, 4) is 0 Å². The molecule has 0 saturated carbocycles. The van der Waals surface area contributed by atoms with Gasteiger partial charge in [0.05, 0.1) is 0 Å². The smallest absolute Gasteiger partial charge is 0.00196 e. The zero-order chi connectivity index (χ0) is 17.1. The van der Waals surface area contributed by atoms with E-state index >= 15 is 0 Å². The van der Waals surface area contributed by atoms with Gasteiger partial charge in [0.1, 0.15) is 0 Å². The van der Waals surface area contributed by atoms with Gasteiger partial charge < -0.3 is 0 Å². The van der Waals surface area contributed by atoms with Crippen molar-refractivity contribution in [3.63, 3.8) is 0 Å². The Bertz CT molecular complexity index is 979. The zero-order valence-corrected chi connectivity index (χ0v) is 14.6. The fourth-order valence-electron chi connectivity index (χ4n) is 3.47. The molecule has 4 rings (SSSR count). The third-order valence-electron chi connectivity index (χ3n) is 4.86. The molecule has 0 aromatic heterocycles. The lowest BCUT2D eigenvalue weighted by Crippen LogP contribution is -1.95. The quantitative estimate of drug-likeness (QED) is 0.412. The van der Waals surface area contributed by atoms with Crippen LogP contribution < -0.4 is 0 Å². The van der Waals surface area contributed by atoms with Gasteiger partial charge in [0.15, 0.2) is 0 Å². The van der Waals surface area contributed by atoms with E-state index in [1.165, 1.54) is 38.6 Å². The van der Waals surface area contributed by atoms with Crippen molar-refractivity contribution < 1.29 is 0 Å². The first kappa shape index (κ1) is 15.7. The monoisotopic (exact) mass is 322 g/mol. The molecule has 0 unspecified atom stereocenters. The normalized spacial score (nSPS) is 10.9. The van der Waals surface area contributed by atoms with Crippen molar-refractivity contribution >= 4 is 10.8 Å². The molecule has 0 atom stereocenters. The summed E-state index contributed by atoms with van der Waals surface area (Å²) in [5.41, 5.74) is 6.84. The number of rotatable bonds is 4. The number of benzene rings is 4. The van der Waals surface area contributed by atoms with Gasteiger partial charge in [-0.2, -0.15) is 0 Å². The summed E-state index contributed by atoms with van der Waals surface area (Å²) in [4.78, 5) is 0. The predicted octanol–water partition coefficient (Wildman–Crippen LogP) is 6.33. The van der Waals surface area contributed by atoms with Crippen molar-refractivity contribution in [2.24, 2.45) is 0 Å². The molecule has 0 aliphatic carbocycles. The maximum atomic E-state index is 2.31. The SMILES string of the molecule is Cc1ccc(Cc2ccc(Cc3ccccc3)c3ccccc23)cc1. The number of hydrogen-bond acceptors (Lipinski definition) is 0. The van der Waals surface area contributed by atoms with Crippen molar-refractivity contribution in [2.75, 3.05) is 0 Å². The highest BCUT2D eigenvalue weighted by Crippen LogP contribution is 2.26. The van der Waals surface area contributed by atoms with E-state index in [4.69, 9.17) is 0 Å². The van der Waals surface area contributed by atoms with Gasteiger partial charge in [0.25, 0.3) is 0 Å². The molecule has 25 heavy (non-hydrogen) atoms. The van der Waals surface area contributed by atoms with Gasteiger partial charge in [0.2, 0.25) is 0 Å². The van der Waals surface area contributed by atoms with Crippen molar-refractivity contribution in [2.45, 2.75) is 19.8 Å². The highest BCUT2D eigenvalue weighted by Gasteiger charge is 2.07. The Morgan fingerprint density at radius 2 is 0.960 bits per heavy atom. The molecule has 0 bridgehead atoms. The number of fused-ring (bicyclic) bond motifs is 1. The summed E-state index contributed by atoms with van der Waals surface area (Å²) >= 11 is 0. The molecule has 0 aliphatic rings. The molecule has 4 aromatic carbocycles. The van der Waals surface area contributed by atoms with Crippen LogP contribution in [0.2, 0.25) is 0 Å². The Hall–Kier alpha value is -2.86. The molecular weight excluding hydrogens is 300 g/mol. The molecule has 4 aromatic rings. The second kappa shape index (κ2) is 6.94. The molecule has 122 valence electrons. The second-order valence-electron chi connectivity index (χ2n) is 6.75. The van der Waals surface area contributed by atoms with Crippen molar-refractivity contribution in [3.05, 3.63) is 119 Å². The van der Waals surface area contributed by atoms with Gasteiger partial charge in [-0.15, -0.1) is 0 Å². The first-order chi connectivity index (χ1) is 12.3. The minimum Gasteiger partial charge on any atom is -0.0622 e. The van der Waals surface area contributed by atoms with Crippen LogP contribution in [0.15, 0.2) is 91.0 Å². The highest BCUT2D eigenvalue weighted by molar-refractivity contribution is 5.89. The molecule has 0 radical (unpaired) electrons.